The Morgan fingerprint density at radius 3 is 1.71 bits per heavy atom. The first-order valence-corrected chi connectivity index (χ1v) is 17.9. The molecule has 258 valence electrons. The maximum Gasteiger partial charge on any atom is 0.433 e. The predicted octanol–water partition coefficient (Wildman–Crippen LogP) is 9.55. The molecule has 0 saturated heterocycles. The Labute approximate surface area is 273 Å². The van der Waals surface area contributed by atoms with Crippen molar-refractivity contribution in [3.8, 4) is 6.19 Å². The molecule has 0 bridgehead atoms. The summed E-state index contributed by atoms with van der Waals surface area (Å²) >= 11 is 3.38. The monoisotopic (exact) mass is 751 g/mol. The molecule has 0 aromatic carbocycles. The Morgan fingerprint density at radius 2 is 1.40 bits per heavy atom. The second kappa shape index (κ2) is 18.8. The van der Waals surface area contributed by atoms with Gasteiger partial charge in [0.25, 0.3) is 0 Å². The number of nitrogens with zero attached hydrogens (tertiary/aromatic N) is 5. The molecule has 2 aromatic heterocycles. The van der Waals surface area contributed by atoms with E-state index < -0.39 is 43.2 Å². The Hall–Kier alpha value is -2.25. The van der Waals surface area contributed by atoms with Crippen molar-refractivity contribution in [2.24, 2.45) is 20.6 Å². The molecule has 0 aliphatic heterocycles. The molecule has 16 heteroatoms. The number of hydrogen-bond donors (Lipinski definition) is 0. The maximum atomic E-state index is 12.5. The average molecular weight is 753 g/mol. The van der Waals surface area contributed by atoms with Crippen LogP contribution in [0.3, 0.4) is 0 Å². The average Bonchev–Trinajstić information content (AvgIpc) is 3.82. The van der Waals surface area contributed by atoms with Crippen LogP contribution in [-0.4, -0.2) is 43.3 Å². The summed E-state index contributed by atoms with van der Waals surface area (Å²) in [4.78, 5) is 6.67. The molecule has 2 aliphatic rings. The van der Waals surface area contributed by atoms with E-state index in [-0.39, 0.29) is 33.3 Å². The van der Waals surface area contributed by atoms with Gasteiger partial charge in [0.2, 0.25) is 6.19 Å². The molecule has 0 amide bonds. The fourth-order valence-electron chi connectivity index (χ4n) is 3.49. The summed E-state index contributed by atoms with van der Waals surface area (Å²) < 4.78 is 105. The minimum Gasteiger partial charge on any atom is -0.251 e. The zero-order chi connectivity index (χ0) is 31.8. The van der Waals surface area contributed by atoms with Crippen LogP contribution >= 0.6 is 15.9 Å². The van der Waals surface area contributed by atoms with Crippen LogP contribution in [0.5, 0.6) is 0 Å². The van der Waals surface area contributed by atoms with Crippen LogP contribution in [-0.2, 0) is 37.6 Å². The van der Waals surface area contributed by atoms with E-state index in [1.165, 1.54) is 56.0 Å². The summed E-state index contributed by atoms with van der Waals surface area (Å²) in [6, 6.07) is 4.29. The summed E-state index contributed by atoms with van der Waals surface area (Å²) in [6.07, 6.45) is 3.24. The third-order valence-electron chi connectivity index (χ3n) is 6.28. The van der Waals surface area contributed by atoms with Gasteiger partial charge in [0.1, 0.15) is 11.4 Å². The minimum atomic E-state index is -4.50. The number of alkyl halides is 7. The highest BCUT2D eigenvalue weighted by atomic mass is 79.9. The molecule has 4 rings (SSSR count). The minimum absolute atomic E-state index is 0. The second-order valence-corrected chi connectivity index (χ2v) is 15.8. The molecule has 45 heavy (non-hydrogen) atoms. The highest BCUT2D eigenvalue weighted by molar-refractivity contribution is 9.09. The standard InChI is InChI=1S/C13H17F3N2OS.C9H8F3N3OS.C4H7Br.3CH4/c1-17-20(2,19)11(7-9-3-4-9)10-5-6-12(18-8-10)13(14,15)16;1-17(16,15-6-13)5-7-2-3-8(14-4-7)9(10,11)12;5-3-4-1-2-4;;;/h5-6,8-9,11H,3-4,7H2,1-2H3;2-4H,5H2,1H3;4H,1-3H2;3*1H4. The summed E-state index contributed by atoms with van der Waals surface area (Å²) in [6.45, 7) is 0. The zero-order valence-corrected chi connectivity index (χ0v) is 26.4. The molecule has 0 N–H and O–H groups in total. The van der Waals surface area contributed by atoms with E-state index in [2.05, 4.69) is 34.6 Å². The summed E-state index contributed by atoms with van der Waals surface area (Å²) in [7, 11) is -3.72. The van der Waals surface area contributed by atoms with Crippen molar-refractivity contribution < 1.29 is 34.8 Å². The van der Waals surface area contributed by atoms with Crippen molar-refractivity contribution in [3.63, 3.8) is 0 Å². The normalized spacial score (nSPS) is 17.2. The van der Waals surface area contributed by atoms with Gasteiger partial charge in [-0.1, -0.05) is 63.2 Å². The first-order chi connectivity index (χ1) is 19.4. The summed E-state index contributed by atoms with van der Waals surface area (Å²) in [5.74, 6) is 1.45. The Kier molecular flexibility index (Phi) is 18.7. The van der Waals surface area contributed by atoms with Gasteiger partial charge in [0.05, 0.1) is 30.5 Å². The van der Waals surface area contributed by atoms with Crippen LogP contribution in [0.15, 0.2) is 45.4 Å². The lowest BCUT2D eigenvalue weighted by atomic mass is 10.1. The first kappa shape index (κ1) is 44.9. The first-order valence-electron chi connectivity index (χ1n) is 12.7. The Bertz CT molecular complexity index is 1450. The largest absolute Gasteiger partial charge is 0.433 e. The number of halogens is 7. The van der Waals surface area contributed by atoms with Crippen LogP contribution in [0.1, 0.15) is 82.1 Å². The summed E-state index contributed by atoms with van der Waals surface area (Å²) in [5, 5.41) is 9.15. The van der Waals surface area contributed by atoms with Crippen LogP contribution in [0.25, 0.3) is 0 Å². The molecule has 2 aromatic rings. The molecule has 2 aliphatic carbocycles. The lowest BCUT2D eigenvalue weighted by Crippen LogP contribution is -2.14. The van der Waals surface area contributed by atoms with E-state index in [0.717, 1.165) is 37.1 Å². The van der Waals surface area contributed by atoms with E-state index in [0.29, 0.717) is 23.5 Å². The van der Waals surface area contributed by atoms with Gasteiger partial charge in [-0.25, -0.2) is 12.8 Å². The SMILES string of the molecule is BrCC1CC1.C.C.C.CN=S(C)(=O)C(CC1CC1)c1ccc(C(F)(F)F)nc1.CS(=O)(Cc1ccc(C(F)(F)F)nc1)=NC#N. The van der Waals surface area contributed by atoms with E-state index in [9.17, 15) is 34.8 Å². The molecule has 2 heterocycles. The molecule has 0 radical (unpaired) electrons. The Morgan fingerprint density at radius 1 is 0.911 bits per heavy atom. The fraction of sp³-hybridized carbons (Fsp3) is 0.621. The Balaban J connectivity index is 0. The molecule has 7 nitrogen and oxygen atoms in total. The van der Waals surface area contributed by atoms with Gasteiger partial charge in [-0.2, -0.15) is 31.6 Å². The molecule has 2 fully saturated rings. The lowest BCUT2D eigenvalue weighted by Gasteiger charge is -2.19. The number of aromatic nitrogens is 2. The molecular weight excluding hydrogens is 708 g/mol. The van der Waals surface area contributed by atoms with Crippen LogP contribution in [0.2, 0.25) is 0 Å². The van der Waals surface area contributed by atoms with Crippen LogP contribution in [0, 0.1) is 23.3 Å². The quantitative estimate of drug-likeness (QED) is 0.159. The smallest absolute Gasteiger partial charge is 0.251 e. The van der Waals surface area contributed by atoms with Crippen LogP contribution < -0.4 is 0 Å². The predicted molar refractivity (Wildman–Crippen MR) is 174 cm³/mol. The fourth-order valence-corrected chi connectivity index (χ4v) is 6.69. The van der Waals surface area contributed by atoms with Gasteiger partial charge in [0.15, 0.2) is 0 Å². The van der Waals surface area contributed by atoms with E-state index >= 15 is 0 Å². The summed E-state index contributed by atoms with van der Waals surface area (Å²) in [5.41, 5.74) is -1.03. The van der Waals surface area contributed by atoms with Gasteiger partial charge >= 0.3 is 12.4 Å². The third-order valence-corrected chi connectivity index (χ3v) is 10.8. The van der Waals surface area contributed by atoms with Gasteiger partial charge in [-0.05, 0) is 54.4 Å². The van der Waals surface area contributed by atoms with Gasteiger partial charge in [-0.3, -0.25) is 9.97 Å². The van der Waals surface area contributed by atoms with Crippen molar-refractivity contribution >= 4 is 35.4 Å². The number of nitriles is 1. The number of pyridine rings is 2. The van der Waals surface area contributed by atoms with Crippen molar-refractivity contribution in [2.75, 3.05) is 24.9 Å². The highest BCUT2D eigenvalue weighted by Gasteiger charge is 2.34. The molecule has 2 saturated carbocycles. The van der Waals surface area contributed by atoms with E-state index in [4.69, 9.17) is 5.26 Å². The molecule has 0 spiro atoms. The topological polar surface area (TPSA) is 108 Å². The van der Waals surface area contributed by atoms with Gasteiger partial charge < -0.3 is 0 Å². The van der Waals surface area contributed by atoms with E-state index in [1.807, 2.05) is 0 Å². The van der Waals surface area contributed by atoms with Gasteiger partial charge in [0, 0.05) is 37.3 Å². The third kappa shape index (κ3) is 16.2. The van der Waals surface area contributed by atoms with E-state index in [1.54, 1.807) is 6.26 Å². The molecular formula is C29H44BrF6N5O2S2. The van der Waals surface area contributed by atoms with Crippen molar-refractivity contribution in [3.05, 3.63) is 59.2 Å². The maximum absolute atomic E-state index is 12.5. The number of hydrogen-bond acceptors (Lipinski definition) is 7. The number of rotatable bonds is 7. The lowest BCUT2D eigenvalue weighted by molar-refractivity contribution is -0.142. The second-order valence-electron chi connectivity index (χ2n) is 10.1. The van der Waals surface area contributed by atoms with Crippen molar-refractivity contribution in [2.45, 2.75) is 77.7 Å². The van der Waals surface area contributed by atoms with Crippen molar-refractivity contribution in [1.82, 2.24) is 9.97 Å². The molecule has 3 atom stereocenters. The van der Waals surface area contributed by atoms with Crippen LogP contribution in [0.4, 0.5) is 26.3 Å². The zero-order valence-electron chi connectivity index (χ0n) is 23.2. The highest BCUT2D eigenvalue weighted by Crippen LogP contribution is 2.41. The van der Waals surface area contributed by atoms with Crippen molar-refractivity contribution in [1.29, 1.82) is 5.26 Å². The molecule has 3 unspecified atom stereocenters. The van der Waals surface area contributed by atoms with Gasteiger partial charge in [-0.15, -0.1) is 4.36 Å².